The predicted molar refractivity (Wildman–Crippen MR) is 81.0 cm³/mol. The van der Waals surface area contributed by atoms with Gasteiger partial charge >= 0.3 is 5.97 Å². The maximum absolute atomic E-state index is 11.7. The molecule has 3 rings (SSSR count). The molecular formula is C18H19NO2. The summed E-state index contributed by atoms with van der Waals surface area (Å²) in [6, 6.07) is 10.7. The van der Waals surface area contributed by atoms with Crippen LogP contribution < -0.4 is 0 Å². The fourth-order valence-electron chi connectivity index (χ4n) is 3.02. The van der Waals surface area contributed by atoms with Crippen molar-refractivity contribution in [1.82, 2.24) is 4.98 Å². The van der Waals surface area contributed by atoms with E-state index in [1.807, 2.05) is 24.5 Å². The molecule has 1 atom stereocenters. The van der Waals surface area contributed by atoms with Gasteiger partial charge in [0.15, 0.2) is 0 Å². The lowest BCUT2D eigenvalue weighted by Gasteiger charge is -2.23. The highest BCUT2D eigenvalue weighted by molar-refractivity contribution is 5.73. The smallest absolute Gasteiger partial charge is 0.309 e. The lowest BCUT2D eigenvalue weighted by Crippen LogP contribution is -2.23. The number of benzene rings is 1. The third-order valence-electron chi connectivity index (χ3n) is 4.19. The van der Waals surface area contributed by atoms with Gasteiger partial charge in [0.05, 0.1) is 13.0 Å². The number of pyridine rings is 1. The second-order valence-electron chi connectivity index (χ2n) is 5.60. The normalized spacial score (nSPS) is 17.1. The molecule has 0 spiro atoms. The molecule has 2 aromatic rings. The van der Waals surface area contributed by atoms with E-state index in [0.29, 0.717) is 0 Å². The van der Waals surface area contributed by atoms with E-state index in [1.54, 1.807) is 0 Å². The van der Waals surface area contributed by atoms with Crippen LogP contribution in [0.1, 0.15) is 28.7 Å². The van der Waals surface area contributed by atoms with Gasteiger partial charge in [-0.25, -0.2) is 0 Å². The Bertz CT molecular complexity index is 637. The molecule has 1 aliphatic rings. The number of rotatable bonds is 3. The van der Waals surface area contributed by atoms with Crippen molar-refractivity contribution in [3.05, 3.63) is 65.0 Å². The maximum Gasteiger partial charge on any atom is 0.309 e. The number of methoxy groups -OCH3 is 1. The number of hydrogen-bond acceptors (Lipinski definition) is 3. The average molecular weight is 281 g/mol. The molecule has 3 heteroatoms. The van der Waals surface area contributed by atoms with Gasteiger partial charge in [-0.15, -0.1) is 0 Å². The van der Waals surface area contributed by atoms with Crippen molar-refractivity contribution in [3.8, 4) is 0 Å². The van der Waals surface area contributed by atoms with Crippen molar-refractivity contribution in [3.63, 3.8) is 0 Å². The molecule has 21 heavy (non-hydrogen) atoms. The van der Waals surface area contributed by atoms with Crippen LogP contribution in [0.3, 0.4) is 0 Å². The lowest BCUT2D eigenvalue weighted by molar-refractivity contribution is -0.145. The number of hydrogen-bond donors (Lipinski definition) is 0. The second kappa shape index (κ2) is 6.08. The molecule has 0 N–H and O–H groups in total. The van der Waals surface area contributed by atoms with E-state index in [9.17, 15) is 4.79 Å². The molecule has 0 fully saturated rings. The van der Waals surface area contributed by atoms with Gasteiger partial charge in [-0.3, -0.25) is 9.78 Å². The molecule has 3 nitrogen and oxygen atoms in total. The van der Waals surface area contributed by atoms with Crippen molar-refractivity contribution >= 4 is 5.97 Å². The fraction of sp³-hybridized carbons (Fsp3) is 0.333. The largest absolute Gasteiger partial charge is 0.469 e. The highest BCUT2D eigenvalue weighted by Crippen LogP contribution is 2.27. The first-order chi connectivity index (χ1) is 10.3. The highest BCUT2D eigenvalue weighted by atomic mass is 16.5. The fourth-order valence-corrected chi connectivity index (χ4v) is 3.02. The second-order valence-corrected chi connectivity index (χ2v) is 5.60. The Morgan fingerprint density at radius 1 is 1.19 bits per heavy atom. The van der Waals surface area contributed by atoms with E-state index in [0.717, 1.165) is 25.7 Å². The van der Waals surface area contributed by atoms with Gasteiger partial charge in [0.2, 0.25) is 0 Å². The SMILES string of the molecule is COC(=O)C1CCc2ccc(Cc3ccncc3)cc2C1. The average Bonchev–Trinajstić information content (AvgIpc) is 2.54. The minimum Gasteiger partial charge on any atom is -0.469 e. The molecule has 0 saturated carbocycles. The number of carbonyl (C=O) groups excluding carboxylic acids is 1. The number of carbonyl (C=O) groups is 1. The summed E-state index contributed by atoms with van der Waals surface area (Å²) in [6.07, 6.45) is 7.20. The monoisotopic (exact) mass is 281 g/mol. The van der Waals surface area contributed by atoms with Crippen LogP contribution in [0.2, 0.25) is 0 Å². The summed E-state index contributed by atoms with van der Waals surface area (Å²) in [4.78, 5) is 15.8. The van der Waals surface area contributed by atoms with Gasteiger partial charge in [0.25, 0.3) is 0 Å². The standard InChI is InChI=1S/C18H19NO2/c1-21-18(20)16-5-4-15-3-2-14(11-17(15)12-16)10-13-6-8-19-9-7-13/h2-3,6-9,11,16H,4-5,10,12H2,1H3. The number of nitrogens with zero attached hydrogens (tertiary/aromatic N) is 1. The third-order valence-corrected chi connectivity index (χ3v) is 4.19. The summed E-state index contributed by atoms with van der Waals surface area (Å²) >= 11 is 0. The molecule has 0 amide bonds. The van der Waals surface area contributed by atoms with Gasteiger partial charge in [0, 0.05) is 12.4 Å². The van der Waals surface area contributed by atoms with Crippen molar-refractivity contribution in [2.75, 3.05) is 7.11 Å². The first-order valence-corrected chi connectivity index (χ1v) is 7.33. The van der Waals surface area contributed by atoms with Crippen LogP contribution in [0, 0.1) is 5.92 Å². The Kier molecular flexibility index (Phi) is 4.00. The summed E-state index contributed by atoms with van der Waals surface area (Å²) in [6.45, 7) is 0. The minimum absolute atomic E-state index is 0.0127. The molecule has 108 valence electrons. The molecule has 1 unspecified atom stereocenters. The molecule has 0 radical (unpaired) electrons. The predicted octanol–water partition coefficient (Wildman–Crippen LogP) is 2.95. The maximum atomic E-state index is 11.7. The molecule has 0 saturated heterocycles. The zero-order chi connectivity index (χ0) is 14.7. The van der Waals surface area contributed by atoms with Gasteiger partial charge in [-0.1, -0.05) is 18.2 Å². The van der Waals surface area contributed by atoms with Gasteiger partial charge in [-0.2, -0.15) is 0 Å². The summed E-state index contributed by atoms with van der Waals surface area (Å²) in [7, 11) is 1.47. The number of ether oxygens (including phenoxy) is 1. The van der Waals surface area contributed by atoms with Crippen LogP contribution in [-0.4, -0.2) is 18.1 Å². The van der Waals surface area contributed by atoms with Gasteiger partial charge in [-0.05, 0) is 60.1 Å². The van der Waals surface area contributed by atoms with E-state index in [4.69, 9.17) is 4.74 Å². The van der Waals surface area contributed by atoms with Crippen LogP contribution >= 0.6 is 0 Å². The summed E-state index contributed by atoms with van der Waals surface area (Å²) in [5.41, 5.74) is 5.20. The van der Waals surface area contributed by atoms with Crippen LogP contribution in [0.4, 0.5) is 0 Å². The Labute approximate surface area is 125 Å². The molecule has 1 heterocycles. The number of fused-ring (bicyclic) bond motifs is 1. The number of aromatic nitrogens is 1. The molecular weight excluding hydrogens is 262 g/mol. The molecule has 0 aliphatic heterocycles. The first kappa shape index (κ1) is 13.8. The molecule has 1 aromatic carbocycles. The summed E-state index contributed by atoms with van der Waals surface area (Å²) in [5.74, 6) is -0.0705. The summed E-state index contributed by atoms with van der Waals surface area (Å²) < 4.78 is 4.88. The lowest BCUT2D eigenvalue weighted by atomic mass is 9.83. The van der Waals surface area contributed by atoms with Crippen molar-refractivity contribution in [1.29, 1.82) is 0 Å². The van der Waals surface area contributed by atoms with E-state index in [1.165, 1.54) is 29.4 Å². The Morgan fingerprint density at radius 2 is 2.00 bits per heavy atom. The van der Waals surface area contributed by atoms with Crippen molar-refractivity contribution in [2.45, 2.75) is 25.7 Å². The van der Waals surface area contributed by atoms with E-state index in [-0.39, 0.29) is 11.9 Å². The van der Waals surface area contributed by atoms with E-state index in [2.05, 4.69) is 23.2 Å². The molecule has 1 aromatic heterocycles. The first-order valence-electron chi connectivity index (χ1n) is 7.33. The van der Waals surface area contributed by atoms with E-state index >= 15 is 0 Å². The third kappa shape index (κ3) is 3.13. The van der Waals surface area contributed by atoms with Crippen LogP contribution in [0.15, 0.2) is 42.7 Å². The zero-order valence-electron chi connectivity index (χ0n) is 12.2. The molecule has 0 bridgehead atoms. The van der Waals surface area contributed by atoms with Crippen LogP contribution in [0.5, 0.6) is 0 Å². The zero-order valence-corrected chi connectivity index (χ0v) is 12.2. The Morgan fingerprint density at radius 3 is 2.76 bits per heavy atom. The van der Waals surface area contributed by atoms with Gasteiger partial charge in [0.1, 0.15) is 0 Å². The van der Waals surface area contributed by atoms with Crippen molar-refractivity contribution in [2.24, 2.45) is 5.92 Å². The van der Waals surface area contributed by atoms with Gasteiger partial charge < -0.3 is 4.74 Å². The summed E-state index contributed by atoms with van der Waals surface area (Å²) in [5, 5.41) is 0. The highest BCUT2D eigenvalue weighted by Gasteiger charge is 2.25. The minimum atomic E-state index is -0.0832. The quantitative estimate of drug-likeness (QED) is 0.812. The van der Waals surface area contributed by atoms with Crippen LogP contribution in [-0.2, 0) is 28.8 Å². The molecule has 1 aliphatic carbocycles. The Hall–Kier alpha value is -2.16. The van der Waals surface area contributed by atoms with Crippen molar-refractivity contribution < 1.29 is 9.53 Å². The number of esters is 1. The Balaban J connectivity index is 1.79. The van der Waals surface area contributed by atoms with E-state index < -0.39 is 0 Å². The number of aryl methyl sites for hydroxylation is 1. The van der Waals surface area contributed by atoms with Crippen LogP contribution in [0.25, 0.3) is 0 Å². The topological polar surface area (TPSA) is 39.2 Å².